The third-order valence-corrected chi connectivity index (χ3v) is 5.68. The van der Waals surface area contributed by atoms with Gasteiger partial charge in [0, 0.05) is 50.8 Å². The van der Waals surface area contributed by atoms with Crippen molar-refractivity contribution in [2.24, 2.45) is 12.0 Å². The smallest absolute Gasteiger partial charge is 0.194 e. The first kappa shape index (κ1) is 25.2. The van der Waals surface area contributed by atoms with E-state index in [0.717, 1.165) is 56.4 Å². The Hall–Kier alpha value is -2.40. The number of ether oxygens (including phenoxy) is 1. The number of hydrogen-bond acceptors (Lipinski definition) is 4. The predicted octanol–water partition coefficient (Wildman–Crippen LogP) is 3.41. The monoisotopic (exact) mass is 563 g/mol. The van der Waals surface area contributed by atoms with Crippen LogP contribution in [0.5, 0.6) is 0 Å². The largest absolute Gasteiger partial charge is 0.370 e. The molecule has 33 heavy (non-hydrogen) atoms. The van der Waals surface area contributed by atoms with Gasteiger partial charge in [-0.3, -0.25) is 4.68 Å². The number of aromatic nitrogens is 4. The van der Waals surface area contributed by atoms with Crippen molar-refractivity contribution in [3.8, 4) is 0 Å². The maximum atomic E-state index is 5.99. The molecule has 0 amide bonds. The second-order valence-electron chi connectivity index (χ2n) is 8.05. The van der Waals surface area contributed by atoms with Crippen LogP contribution in [-0.4, -0.2) is 56.4 Å². The maximum Gasteiger partial charge on any atom is 0.194 e. The second kappa shape index (κ2) is 12.7. The summed E-state index contributed by atoms with van der Waals surface area (Å²) in [6.45, 7) is 6.64. The van der Waals surface area contributed by atoms with Crippen molar-refractivity contribution in [2.45, 2.75) is 39.0 Å². The van der Waals surface area contributed by atoms with Gasteiger partial charge in [-0.05, 0) is 25.3 Å². The molecule has 0 spiro atoms. The lowest BCUT2D eigenvalue weighted by Gasteiger charge is -2.34. The molecule has 4 rings (SSSR count). The van der Waals surface area contributed by atoms with Crippen molar-refractivity contribution in [1.82, 2.24) is 29.5 Å². The van der Waals surface area contributed by atoms with Gasteiger partial charge in [0.25, 0.3) is 0 Å². The number of hydrogen-bond donors (Lipinski definition) is 1. The summed E-state index contributed by atoms with van der Waals surface area (Å²) >= 11 is 0. The van der Waals surface area contributed by atoms with Crippen molar-refractivity contribution in [2.75, 3.05) is 26.2 Å². The van der Waals surface area contributed by atoms with Gasteiger partial charge in [-0.15, -0.1) is 24.0 Å². The number of nitrogens with one attached hydrogen (secondary N) is 1. The molecule has 1 aromatic carbocycles. The molecule has 1 atom stereocenters. The number of morpholine rings is 1. The minimum Gasteiger partial charge on any atom is -0.370 e. The molecule has 3 aromatic rings. The Morgan fingerprint density at radius 2 is 2.12 bits per heavy atom. The second-order valence-corrected chi connectivity index (χ2v) is 8.05. The Morgan fingerprint density at radius 3 is 2.88 bits per heavy atom. The minimum absolute atomic E-state index is 0. The maximum absolute atomic E-state index is 5.99. The molecule has 1 aliphatic rings. The van der Waals surface area contributed by atoms with Crippen LogP contribution in [-0.2, 0) is 31.3 Å². The average Bonchev–Trinajstić information content (AvgIpc) is 3.46. The molecule has 0 bridgehead atoms. The molecule has 3 heterocycles. The van der Waals surface area contributed by atoms with E-state index in [4.69, 9.17) is 9.73 Å². The van der Waals surface area contributed by atoms with Gasteiger partial charge in [-0.2, -0.15) is 5.10 Å². The summed E-state index contributed by atoms with van der Waals surface area (Å²) in [4.78, 5) is 11.7. The summed E-state index contributed by atoms with van der Waals surface area (Å²) in [7, 11) is 1.93. The van der Waals surface area contributed by atoms with Gasteiger partial charge in [0.15, 0.2) is 5.96 Å². The Kier molecular flexibility index (Phi) is 9.74. The highest BCUT2D eigenvalue weighted by molar-refractivity contribution is 14.0. The fraction of sp³-hybridized carbons (Fsp3) is 0.458. The quantitative estimate of drug-likeness (QED) is 0.259. The molecule has 1 unspecified atom stereocenters. The van der Waals surface area contributed by atoms with E-state index in [-0.39, 0.29) is 30.1 Å². The van der Waals surface area contributed by atoms with Crippen LogP contribution in [0.15, 0.2) is 60.1 Å². The van der Waals surface area contributed by atoms with E-state index < -0.39 is 0 Å². The summed E-state index contributed by atoms with van der Waals surface area (Å²) in [6.07, 6.45) is 9.96. The first-order chi connectivity index (χ1) is 15.7. The van der Waals surface area contributed by atoms with Gasteiger partial charge in [-0.25, -0.2) is 9.98 Å². The standard InChI is InChI=1S/C24H33N7O.HI/c1-3-25-24(31-14-15-32-22(19-31)21-16-28-29(2)18-21)27-17-23-26-11-13-30(23)12-7-10-20-8-5-4-6-9-20;/h4-6,8-9,11,13,16,18,22H,3,7,10,12,14-15,17,19H2,1-2H3,(H,25,27);1H. The Bertz CT molecular complexity index is 1000. The zero-order chi connectivity index (χ0) is 22.2. The van der Waals surface area contributed by atoms with Gasteiger partial charge in [0.1, 0.15) is 18.5 Å². The van der Waals surface area contributed by atoms with Gasteiger partial charge in [0.05, 0.1) is 19.3 Å². The molecule has 0 aliphatic carbocycles. The van der Waals surface area contributed by atoms with Crippen LogP contribution >= 0.6 is 24.0 Å². The summed E-state index contributed by atoms with van der Waals surface area (Å²) in [5.74, 6) is 1.90. The fourth-order valence-corrected chi connectivity index (χ4v) is 4.01. The van der Waals surface area contributed by atoms with Crippen molar-refractivity contribution >= 4 is 29.9 Å². The summed E-state index contributed by atoms with van der Waals surface area (Å²) in [5, 5.41) is 7.72. The molecule has 0 saturated carbocycles. The zero-order valence-electron chi connectivity index (χ0n) is 19.4. The minimum atomic E-state index is 0. The first-order valence-corrected chi connectivity index (χ1v) is 11.4. The number of imidazole rings is 1. The van der Waals surface area contributed by atoms with E-state index in [2.05, 4.69) is 68.3 Å². The number of nitrogens with zero attached hydrogens (tertiary/aromatic N) is 6. The molecule has 9 heteroatoms. The van der Waals surface area contributed by atoms with Crippen molar-refractivity contribution in [3.63, 3.8) is 0 Å². The van der Waals surface area contributed by atoms with Crippen LogP contribution in [0.3, 0.4) is 0 Å². The summed E-state index contributed by atoms with van der Waals surface area (Å²) in [5.41, 5.74) is 2.47. The number of guanidine groups is 1. The third kappa shape index (κ3) is 7.04. The molecule has 178 valence electrons. The molecular weight excluding hydrogens is 529 g/mol. The molecule has 2 aromatic heterocycles. The summed E-state index contributed by atoms with van der Waals surface area (Å²) in [6, 6.07) is 10.6. The first-order valence-electron chi connectivity index (χ1n) is 11.4. The molecule has 1 aliphatic heterocycles. The van der Waals surface area contributed by atoms with E-state index in [1.54, 1.807) is 0 Å². The van der Waals surface area contributed by atoms with Gasteiger partial charge in [-0.1, -0.05) is 30.3 Å². The van der Waals surface area contributed by atoms with Crippen LogP contribution in [0.1, 0.15) is 36.4 Å². The number of aryl methyl sites for hydroxylation is 3. The van der Waals surface area contributed by atoms with E-state index in [1.807, 2.05) is 30.3 Å². The van der Waals surface area contributed by atoms with Crippen LogP contribution in [0.2, 0.25) is 0 Å². The topological polar surface area (TPSA) is 72.5 Å². The Morgan fingerprint density at radius 1 is 1.27 bits per heavy atom. The van der Waals surface area contributed by atoms with Crippen LogP contribution < -0.4 is 5.32 Å². The molecule has 8 nitrogen and oxygen atoms in total. The van der Waals surface area contributed by atoms with Gasteiger partial charge >= 0.3 is 0 Å². The number of aliphatic imine (C=N–C) groups is 1. The molecule has 1 fully saturated rings. The van der Waals surface area contributed by atoms with E-state index in [0.29, 0.717) is 13.2 Å². The highest BCUT2D eigenvalue weighted by atomic mass is 127. The lowest BCUT2D eigenvalue weighted by Crippen LogP contribution is -2.48. The SMILES string of the molecule is CCNC(=NCc1nccn1CCCc1ccccc1)N1CCOC(c2cnn(C)c2)C1.I. The highest BCUT2D eigenvalue weighted by Crippen LogP contribution is 2.21. The number of halogens is 1. The summed E-state index contributed by atoms with van der Waals surface area (Å²) < 4.78 is 10.0. The van der Waals surface area contributed by atoms with E-state index in [1.165, 1.54) is 5.56 Å². The van der Waals surface area contributed by atoms with Crippen molar-refractivity contribution < 1.29 is 4.74 Å². The Balaban J connectivity index is 0.00000306. The lowest BCUT2D eigenvalue weighted by atomic mass is 10.1. The fourth-order valence-electron chi connectivity index (χ4n) is 4.01. The van der Waals surface area contributed by atoms with E-state index in [9.17, 15) is 0 Å². The average molecular weight is 563 g/mol. The lowest BCUT2D eigenvalue weighted by molar-refractivity contribution is -0.00805. The molecular formula is C24H34IN7O. The normalized spacial score (nSPS) is 16.5. The van der Waals surface area contributed by atoms with Crippen LogP contribution in [0.4, 0.5) is 0 Å². The zero-order valence-corrected chi connectivity index (χ0v) is 21.8. The van der Waals surface area contributed by atoms with Crippen LogP contribution in [0, 0.1) is 0 Å². The third-order valence-electron chi connectivity index (χ3n) is 5.68. The van der Waals surface area contributed by atoms with Gasteiger partial charge in [0.2, 0.25) is 0 Å². The molecule has 1 N–H and O–H groups in total. The Labute approximate surface area is 213 Å². The van der Waals surface area contributed by atoms with Crippen LogP contribution in [0.25, 0.3) is 0 Å². The number of benzene rings is 1. The van der Waals surface area contributed by atoms with Crippen molar-refractivity contribution in [3.05, 3.63) is 72.1 Å². The molecule has 0 radical (unpaired) electrons. The van der Waals surface area contributed by atoms with Crippen molar-refractivity contribution in [1.29, 1.82) is 0 Å². The highest BCUT2D eigenvalue weighted by Gasteiger charge is 2.25. The molecule has 1 saturated heterocycles. The predicted molar refractivity (Wildman–Crippen MR) is 141 cm³/mol. The number of rotatable bonds is 8. The van der Waals surface area contributed by atoms with Gasteiger partial charge < -0.3 is 19.5 Å². The van der Waals surface area contributed by atoms with E-state index >= 15 is 0 Å².